The molecule has 2 aromatic rings. The van der Waals surface area contributed by atoms with Crippen LogP contribution in [-0.2, 0) is 0 Å². The second-order valence-corrected chi connectivity index (χ2v) is 9.50. The zero-order chi connectivity index (χ0) is 20.7. The summed E-state index contributed by atoms with van der Waals surface area (Å²) in [5, 5.41) is 12.0. The third-order valence-electron chi connectivity index (χ3n) is 2.61. The van der Waals surface area contributed by atoms with E-state index in [2.05, 4.69) is 70.4 Å². The van der Waals surface area contributed by atoms with Gasteiger partial charge in [-0.3, -0.25) is 0 Å². The average molecular weight is 799 g/mol. The van der Waals surface area contributed by atoms with Gasteiger partial charge in [0.15, 0.2) is 0 Å². The zero-order valence-corrected chi connectivity index (χ0v) is 23.3. The van der Waals surface area contributed by atoms with E-state index in [0.717, 1.165) is 31.7 Å². The predicted octanol–water partition coefficient (Wildman–Crippen LogP) is 7.90. The van der Waals surface area contributed by atoms with Crippen molar-refractivity contribution in [2.24, 2.45) is 0 Å². The van der Waals surface area contributed by atoms with Gasteiger partial charge in [-0.2, -0.15) is 0 Å². The van der Waals surface area contributed by atoms with Crippen molar-refractivity contribution in [1.82, 2.24) is 0 Å². The summed E-state index contributed by atoms with van der Waals surface area (Å²) in [4.78, 5) is 0. The molecule has 0 aliphatic carbocycles. The number of halogens is 7. The molecule has 0 unspecified atom stereocenters. The van der Waals surface area contributed by atoms with Gasteiger partial charge in [-0.15, -0.1) is 0 Å². The number of phenols is 1. The van der Waals surface area contributed by atoms with E-state index in [4.69, 9.17) is 9.84 Å². The van der Waals surface area contributed by atoms with Gasteiger partial charge >= 0.3 is 0 Å². The number of benzene rings is 2. The predicted molar refractivity (Wildman–Crippen MR) is 136 cm³/mol. The van der Waals surface area contributed by atoms with Gasteiger partial charge in [0.05, 0.1) is 13.7 Å². The van der Waals surface area contributed by atoms with Crippen LogP contribution in [0.1, 0.15) is 12.8 Å². The molecule has 0 heterocycles. The van der Waals surface area contributed by atoms with Gasteiger partial charge in [0.2, 0.25) is 0 Å². The lowest BCUT2D eigenvalue weighted by atomic mass is 10.3. The van der Waals surface area contributed by atoms with Crippen LogP contribution in [0.2, 0.25) is 0 Å². The Morgan fingerprint density at radius 2 is 1.33 bits per heavy atom. The quantitative estimate of drug-likeness (QED) is 0.183. The Morgan fingerprint density at radius 1 is 0.815 bits per heavy atom. The van der Waals surface area contributed by atoms with Crippen LogP contribution in [0.15, 0.2) is 36.4 Å². The number of alkyl halides is 3. The van der Waals surface area contributed by atoms with Crippen LogP contribution in [0.5, 0.6) is 11.5 Å². The summed E-state index contributed by atoms with van der Waals surface area (Å²) >= 11 is 13.8. The van der Waals surface area contributed by atoms with Gasteiger partial charge in [-0.25, -0.2) is 8.78 Å². The van der Waals surface area contributed by atoms with E-state index in [1.807, 2.05) is 22.6 Å². The summed E-state index contributed by atoms with van der Waals surface area (Å²) in [5.74, 6) is 0.328. The van der Waals surface area contributed by atoms with Crippen molar-refractivity contribution in [3.63, 3.8) is 0 Å². The maximum absolute atomic E-state index is 12.7. The molecule has 0 bridgehead atoms. The molecule has 0 aliphatic rings. The molecule has 1 N–H and O–H groups in total. The molecule has 152 valence electrons. The molecule has 0 saturated carbocycles. The SMILES string of the molecule is BrCCCBr.Fc1ccc(OCCCBr)c(I)c1.Oc1ccc(F)cc1I. The standard InChI is InChI=1S/C9H9BrFIO.C6H4FIO.C3H6Br2/c10-4-1-5-13-9-3-2-7(11)6-8(9)12;7-4-1-2-6(9)5(8)3-4;4-2-1-3-5/h2-3,6H,1,4-5H2;1-3,9H;1-3H2. The number of aromatic hydroxyl groups is 1. The van der Waals surface area contributed by atoms with Crippen molar-refractivity contribution >= 4 is 93.0 Å². The second-order valence-electron chi connectivity index (χ2n) is 4.79. The molecule has 2 nitrogen and oxygen atoms in total. The second kappa shape index (κ2) is 17.6. The van der Waals surface area contributed by atoms with E-state index in [-0.39, 0.29) is 17.4 Å². The first kappa shape index (κ1) is 27.8. The minimum absolute atomic E-state index is 0.122. The summed E-state index contributed by atoms with van der Waals surface area (Å²) in [6, 6.07) is 8.35. The van der Waals surface area contributed by atoms with Crippen LogP contribution in [-0.4, -0.2) is 27.7 Å². The van der Waals surface area contributed by atoms with E-state index in [1.165, 1.54) is 36.8 Å². The van der Waals surface area contributed by atoms with E-state index in [1.54, 1.807) is 6.07 Å². The fraction of sp³-hybridized carbons (Fsp3) is 0.333. The molecule has 0 fully saturated rings. The molecule has 0 radical (unpaired) electrons. The number of hydrogen-bond acceptors (Lipinski definition) is 2. The minimum Gasteiger partial charge on any atom is -0.507 e. The molecule has 27 heavy (non-hydrogen) atoms. The van der Waals surface area contributed by atoms with Crippen LogP contribution in [0.3, 0.4) is 0 Å². The number of rotatable bonds is 6. The Balaban J connectivity index is 0.000000419. The highest BCUT2D eigenvalue weighted by Crippen LogP contribution is 2.21. The molecule has 2 aromatic carbocycles. The lowest BCUT2D eigenvalue weighted by Crippen LogP contribution is -1.99. The molecule has 0 amide bonds. The highest BCUT2D eigenvalue weighted by atomic mass is 127. The Hall–Kier alpha value is 0.800. The molecular formula is C18H19Br3F2I2O2. The lowest BCUT2D eigenvalue weighted by molar-refractivity contribution is 0.316. The first-order valence-electron chi connectivity index (χ1n) is 7.75. The summed E-state index contributed by atoms with van der Waals surface area (Å²) in [6.07, 6.45) is 2.17. The van der Waals surface area contributed by atoms with Crippen LogP contribution in [0, 0.1) is 18.8 Å². The fourth-order valence-corrected chi connectivity index (χ4v) is 4.01. The smallest absolute Gasteiger partial charge is 0.132 e. The average Bonchev–Trinajstić information content (AvgIpc) is 2.62. The molecule has 0 aromatic heterocycles. The number of hydrogen-bond donors (Lipinski definition) is 1. The van der Waals surface area contributed by atoms with Gasteiger partial charge < -0.3 is 9.84 Å². The third kappa shape index (κ3) is 14.4. The van der Waals surface area contributed by atoms with Crippen molar-refractivity contribution in [1.29, 1.82) is 0 Å². The van der Waals surface area contributed by atoms with Gasteiger partial charge in [-0.05, 0) is 94.4 Å². The van der Waals surface area contributed by atoms with Gasteiger partial charge in [0.25, 0.3) is 0 Å². The van der Waals surface area contributed by atoms with Crippen molar-refractivity contribution in [2.45, 2.75) is 12.8 Å². The highest BCUT2D eigenvalue weighted by molar-refractivity contribution is 14.1. The molecular weight excluding hydrogens is 780 g/mol. The number of ether oxygens (including phenoxy) is 1. The molecule has 0 saturated heterocycles. The Kier molecular flexibility index (Phi) is 18.2. The Bertz CT molecular complexity index is 662. The topological polar surface area (TPSA) is 29.5 Å². The Labute approximate surface area is 211 Å². The van der Waals surface area contributed by atoms with Gasteiger partial charge in [0, 0.05) is 16.0 Å². The summed E-state index contributed by atoms with van der Waals surface area (Å²) < 4.78 is 31.7. The number of phenolic OH excluding ortho intramolecular Hbond substituents is 1. The molecule has 2 rings (SSSR count). The minimum atomic E-state index is -0.322. The summed E-state index contributed by atoms with van der Waals surface area (Å²) in [5.41, 5.74) is 0. The van der Waals surface area contributed by atoms with E-state index < -0.39 is 0 Å². The zero-order valence-electron chi connectivity index (χ0n) is 14.2. The van der Waals surface area contributed by atoms with Crippen LogP contribution >= 0.6 is 93.0 Å². The first-order chi connectivity index (χ1) is 12.8. The summed E-state index contributed by atoms with van der Waals surface area (Å²) in [7, 11) is 0. The molecule has 0 spiro atoms. The van der Waals surface area contributed by atoms with Gasteiger partial charge in [-0.1, -0.05) is 47.8 Å². The normalized spacial score (nSPS) is 9.59. The van der Waals surface area contributed by atoms with Crippen molar-refractivity contribution in [3.8, 4) is 11.5 Å². The monoisotopic (exact) mass is 796 g/mol. The maximum Gasteiger partial charge on any atom is 0.132 e. The van der Waals surface area contributed by atoms with Gasteiger partial charge in [0.1, 0.15) is 23.1 Å². The van der Waals surface area contributed by atoms with Crippen molar-refractivity contribution in [2.75, 3.05) is 22.6 Å². The maximum atomic E-state index is 12.7. The lowest BCUT2D eigenvalue weighted by Gasteiger charge is -2.06. The third-order valence-corrected chi connectivity index (χ3v) is 6.00. The molecule has 9 heteroatoms. The van der Waals surface area contributed by atoms with Crippen molar-refractivity contribution < 1.29 is 18.6 Å². The first-order valence-corrected chi connectivity index (χ1v) is 13.3. The van der Waals surface area contributed by atoms with Crippen molar-refractivity contribution in [3.05, 3.63) is 55.2 Å². The van der Waals surface area contributed by atoms with Crippen LogP contribution in [0.25, 0.3) is 0 Å². The molecule has 0 aliphatic heterocycles. The molecule has 0 atom stereocenters. The fourth-order valence-electron chi connectivity index (χ4n) is 1.36. The van der Waals surface area contributed by atoms with E-state index >= 15 is 0 Å². The Morgan fingerprint density at radius 3 is 1.74 bits per heavy atom. The van der Waals surface area contributed by atoms with Crippen LogP contribution < -0.4 is 4.74 Å². The van der Waals surface area contributed by atoms with Crippen LogP contribution in [0.4, 0.5) is 8.78 Å². The van der Waals surface area contributed by atoms with E-state index in [0.29, 0.717) is 10.2 Å². The van der Waals surface area contributed by atoms with E-state index in [9.17, 15) is 8.78 Å². The largest absolute Gasteiger partial charge is 0.507 e. The highest BCUT2D eigenvalue weighted by Gasteiger charge is 2.01. The summed E-state index contributed by atoms with van der Waals surface area (Å²) in [6.45, 7) is 0.660.